The molecule has 0 aliphatic heterocycles. The van der Waals surface area contributed by atoms with E-state index >= 15 is 0 Å². The SMILES string of the molecule is Cc1nsc(NCC(C)(C)N(C)C)c1C(=O)O. The fourth-order valence-electron chi connectivity index (χ4n) is 1.20. The third kappa shape index (κ3) is 3.17. The van der Waals surface area contributed by atoms with Gasteiger partial charge in [-0.15, -0.1) is 0 Å². The van der Waals surface area contributed by atoms with E-state index in [1.807, 2.05) is 14.1 Å². The van der Waals surface area contributed by atoms with Gasteiger partial charge in [0, 0.05) is 12.1 Å². The van der Waals surface area contributed by atoms with Crippen molar-refractivity contribution in [1.29, 1.82) is 0 Å². The fraction of sp³-hybridized carbons (Fsp3) is 0.636. The van der Waals surface area contributed by atoms with Crippen molar-refractivity contribution >= 4 is 22.5 Å². The van der Waals surface area contributed by atoms with E-state index in [0.29, 0.717) is 17.2 Å². The molecule has 0 radical (unpaired) electrons. The van der Waals surface area contributed by atoms with Crippen LogP contribution in [-0.4, -0.2) is 46.5 Å². The molecule has 2 N–H and O–H groups in total. The molecule has 0 aliphatic carbocycles. The largest absolute Gasteiger partial charge is 0.478 e. The number of carbonyl (C=O) groups is 1. The minimum atomic E-state index is -0.929. The lowest BCUT2D eigenvalue weighted by atomic mass is 10.0. The summed E-state index contributed by atoms with van der Waals surface area (Å²) >= 11 is 1.20. The van der Waals surface area contributed by atoms with E-state index in [1.54, 1.807) is 6.92 Å². The number of carboxylic acids is 1. The van der Waals surface area contributed by atoms with Crippen molar-refractivity contribution in [2.45, 2.75) is 26.3 Å². The molecule has 0 unspecified atom stereocenters. The summed E-state index contributed by atoms with van der Waals surface area (Å²) in [5, 5.41) is 12.9. The Morgan fingerprint density at radius 2 is 2.12 bits per heavy atom. The van der Waals surface area contributed by atoms with Crippen molar-refractivity contribution in [3.63, 3.8) is 0 Å². The number of hydrogen-bond acceptors (Lipinski definition) is 5. The van der Waals surface area contributed by atoms with Crippen LogP contribution in [0.2, 0.25) is 0 Å². The smallest absolute Gasteiger partial charge is 0.340 e. The van der Waals surface area contributed by atoms with Gasteiger partial charge in [0.05, 0.1) is 5.69 Å². The van der Waals surface area contributed by atoms with E-state index in [0.717, 1.165) is 0 Å². The first-order valence-corrected chi connectivity index (χ1v) is 6.14. The molecule has 0 aromatic carbocycles. The number of rotatable bonds is 5. The number of hydrogen-bond donors (Lipinski definition) is 2. The van der Waals surface area contributed by atoms with Gasteiger partial charge in [-0.1, -0.05) is 0 Å². The Hall–Kier alpha value is -1.14. The van der Waals surface area contributed by atoms with E-state index in [4.69, 9.17) is 5.11 Å². The first-order valence-electron chi connectivity index (χ1n) is 5.36. The van der Waals surface area contributed by atoms with Gasteiger partial charge in [0.2, 0.25) is 0 Å². The van der Waals surface area contributed by atoms with Crippen LogP contribution >= 0.6 is 11.5 Å². The second-order valence-electron chi connectivity index (χ2n) is 4.84. The molecule has 0 spiro atoms. The molecular formula is C11H19N3O2S. The van der Waals surface area contributed by atoms with Crippen LogP contribution in [0.25, 0.3) is 0 Å². The van der Waals surface area contributed by atoms with Crippen LogP contribution in [0.3, 0.4) is 0 Å². The maximum Gasteiger partial charge on any atom is 0.340 e. The predicted molar refractivity (Wildman–Crippen MR) is 70.1 cm³/mol. The van der Waals surface area contributed by atoms with Gasteiger partial charge in [-0.25, -0.2) is 4.79 Å². The Morgan fingerprint density at radius 3 is 2.59 bits per heavy atom. The maximum absolute atomic E-state index is 11.1. The summed E-state index contributed by atoms with van der Waals surface area (Å²) in [5.41, 5.74) is 0.797. The van der Waals surface area contributed by atoms with Gasteiger partial charge in [-0.3, -0.25) is 0 Å². The summed E-state index contributed by atoms with van der Waals surface area (Å²) in [7, 11) is 4.00. The normalized spacial score (nSPS) is 11.9. The zero-order valence-electron chi connectivity index (χ0n) is 10.9. The molecule has 0 amide bonds. The maximum atomic E-state index is 11.1. The van der Waals surface area contributed by atoms with Crippen LogP contribution in [0.4, 0.5) is 5.00 Å². The first-order chi connectivity index (χ1) is 7.75. The highest BCUT2D eigenvalue weighted by Crippen LogP contribution is 2.25. The number of aromatic nitrogens is 1. The van der Waals surface area contributed by atoms with Gasteiger partial charge < -0.3 is 15.3 Å². The molecule has 0 saturated carbocycles. The molecule has 0 aliphatic rings. The van der Waals surface area contributed by atoms with Crippen molar-refractivity contribution in [2.75, 3.05) is 26.0 Å². The molecular weight excluding hydrogens is 238 g/mol. The molecule has 0 fully saturated rings. The molecule has 6 heteroatoms. The van der Waals surface area contributed by atoms with Gasteiger partial charge in [0.25, 0.3) is 0 Å². The van der Waals surface area contributed by atoms with Crippen LogP contribution < -0.4 is 5.32 Å². The van der Waals surface area contributed by atoms with Crippen molar-refractivity contribution < 1.29 is 9.90 Å². The van der Waals surface area contributed by atoms with Crippen LogP contribution in [-0.2, 0) is 0 Å². The molecule has 17 heavy (non-hydrogen) atoms. The van der Waals surface area contributed by atoms with Crippen molar-refractivity contribution in [2.24, 2.45) is 0 Å². The number of likely N-dealkylation sites (N-methyl/N-ethyl adjacent to an activating group) is 1. The number of carboxylic acid groups (broad SMARTS) is 1. The number of anilines is 1. The molecule has 5 nitrogen and oxygen atoms in total. The standard InChI is InChI=1S/C11H19N3O2S/c1-7-8(10(15)16)9(17-13-7)12-6-11(2,3)14(4)5/h12H,6H2,1-5H3,(H,15,16). The molecule has 1 rings (SSSR count). The van der Waals surface area contributed by atoms with Crippen molar-refractivity contribution in [3.8, 4) is 0 Å². The van der Waals surface area contributed by atoms with Gasteiger partial charge in [-0.2, -0.15) is 4.37 Å². The third-order valence-electron chi connectivity index (χ3n) is 2.97. The lowest BCUT2D eigenvalue weighted by molar-refractivity contribution is 0.0697. The van der Waals surface area contributed by atoms with E-state index in [2.05, 4.69) is 28.4 Å². The van der Waals surface area contributed by atoms with Gasteiger partial charge in [0.15, 0.2) is 0 Å². The highest BCUT2D eigenvalue weighted by Gasteiger charge is 2.23. The minimum Gasteiger partial charge on any atom is -0.478 e. The molecule has 96 valence electrons. The summed E-state index contributed by atoms with van der Waals surface area (Å²) < 4.78 is 4.07. The lowest BCUT2D eigenvalue weighted by Gasteiger charge is -2.32. The van der Waals surface area contributed by atoms with Crippen LogP contribution in [0.15, 0.2) is 0 Å². The van der Waals surface area contributed by atoms with Crippen LogP contribution in [0.1, 0.15) is 29.9 Å². The molecule has 0 bridgehead atoms. The summed E-state index contributed by atoms with van der Waals surface area (Å²) in [6.45, 7) is 6.56. The van der Waals surface area contributed by atoms with Crippen LogP contribution in [0, 0.1) is 6.92 Å². The monoisotopic (exact) mass is 257 g/mol. The minimum absolute atomic E-state index is 0.0479. The summed E-state index contributed by atoms with van der Waals surface area (Å²) in [4.78, 5) is 13.2. The zero-order chi connectivity index (χ0) is 13.2. The molecule has 0 atom stereocenters. The second-order valence-corrected chi connectivity index (χ2v) is 5.61. The zero-order valence-corrected chi connectivity index (χ0v) is 11.7. The van der Waals surface area contributed by atoms with Crippen molar-refractivity contribution in [1.82, 2.24) is 9.27 Å². The fourth-order valence-corrected chi connectivity index (χ4v) is 1.98. The topological polar surface area (TPSA) is 65.5 Å². The molecule has 1 aromatic rings. The summed E-state index contributed by atoms with van der Waals surface area (Å²) in [5.74, 6) is -0.929. The number of nitrogens with zero attached hydrogens (tertiary/aromatic N) is 2. The van der Waals surface area contributed by atoms with E-state index in [-0.39, 0.29) is 11.1 Å². The summed E-state index contributed by atoms with van der Waals surface area (Å²) in [6, 6.07) is 0. The molecule has 1 aromatic heterocycles. The van der Waals surface area contributed by atoms with Crippen LogP contribution in [0.5, 0.6) is 0 Å². The van der Waals surface area contributed by atoms with Crippen molar-refractivity contribution in [3.05, 3.63) is 11.3 Å². The lowest BCUT2D eigenvalue weighted by Crippen LogP contribution is -2.44. The molecule has 1 heterocycles. The average molecular weight is 257 g/mol. The second kappa shape index (κ2) is 5.01. The average Bonchev–Trinajstić information content (AvgIpc) is 2.56. The van der Waals surface area contributed by atoms with E-state index < -0.39 is 5.97 Å². The highest BCUT2D eigenvalue weighted by molar-refractivity contribution is 7.10. The van der Waals surface area contributed by atoms with Gasteiger partial charge in [-0.05, 0) is 46.4 Å². The quantitative estimate of drug-likeness (QED) is 0.843. The predicted octanol–water partition coefficient (Wildman–Crippen LogP) is 1.90. The van der Waals surface area contributed by atoms with Gasteiger partial charge in [0.1, 0.15) is 10.6 Å². The highest BCUT2D eigenvalue weighted by atomic mass is 32.1. The number of aromatic carboxylic acids is 1. The Bertz CT molecular complexity index is 413. The first kappa shape index (κ1) is 13.9. The van der Waals surface area contributed by atoms with Gasteiger partial charge >= 0.3 is 5.97 Å². The Kier molecular flexibility index (Phi) is 4.11. The Morgan fingerprint density at radius 1 is 1.53 bits per heavy atom. The Balaban J connectivity index is 2.80. The molecule has 0 saturated heterocycles. The van der Waals surface area contributed by atoms with E-state index in [9.17, 15) is 4.79 Å². The summed E-state index contributed by atoms with van der Waals surface area (Å²) in [6.07, 6.45) is 0. The van der Waals surface area contributed by atoms with E-state index in [1.165, 1.54) is 11.5 Å². The third-order valence-corrected chi connectivity index (χ3v) is 3.86. The Labute approximate surface area is 106 Å². The number of nitrogens with one attached hydrogen (secondary N) is 1. The number of aryl methyl sites for hydroxylation is 1.